The summed E-state index contributed by atoms with van der Waals surface area (Å²) in [6.07, 6.45) is 0. The molecule has 1 aromatic rings. The fraction of sp³-hybridized carbons (Fsp3) is 0.611. The van der Waals surface area contributed by atoms with Gasteiger partial charge in [-0.15, -0.1) is 0 Å². The Bertz CT molecular complexity index is 508. The van der Waals surface area contributed by atoms with Gasteiger partial charge in [0.05, 0.1) is 6.54 Å². The van der Waals surface area contributed by atoms with Crippen molar-refractivity contribution in [3.63, 3.8) is 0 Å². The Hall–Kier alpha value is -1.35. The summed E-state index contributed by atoms with van der Waals surface area (Å²) in [6, 6.07) is 6.50. The van der Waals surface area contributed by atoms with Crippen LogP contribution in [0.3, 0.4) is 0 Å². The van der Waals surface area contributed by atoms with Crippen LogP contribution in [0.25, 0.3) is 0 Å². The average Bonchev–Trinajstić information content (AvgIpc) is 2.42. The van der Waals surface area contributed by atoms with Gasteiger partial charge in [0.2, 0.25) is 0 Å². The molecule has 3 nitrogen and oxygen atoms in total. The smallest absolute Gasteiger partial charge is 0.152 e. The van der Waals surface area contributed by atoms with Gasteiger partial charge in [-0.1, -0.05) is 32.9 Å². The van der Waals surface area contributed by atoms with Gasteiger partial charge in [0.25, 0.3) is 0 Å². The van der Waals surface area contributed by atoms with Crippen LogP contribution in [-0.2, 0) is 4.79 Å². The Labute approximate surface area is 128 Å². The van der Waals surface area contributed by atoms with E-state index in [0.29, 0.717) is 12.3 Å². The lowest BCUT2D eigenvalue weighted by Crippen LogP contribution is -2.49. The van der Waals surface area contributed by atoms with Crippen LogP contribution in [-0.4, -0.2) is 43.4 Å². The number of hydrogen-bond donors (Lipinski definition) is 0. The molecule has 1 fully saturated rings. The Morgan fingerprint density at radius 1 is 1.10 bits per heavy atom. The number of piperazine rings is 1. The largest absolute Gasteiger partial charge is 0.369 e. The van der Waals surface area contributed by atoms with Crippen LogP contribution in [0.1, 0.15) is 31.9 Å². The molecular formula is C18H28N2O. The minimum Gasteiger partial charge on any atom is -0.369 e. The van der Waals surface area contributed by atoms with Crippen molar-refractivity contribution < 1.29 is 4.79 Å². The highest BCUT2D eigenvalue weighted by Crippen LogP contribution is 2.24. The fourth-order valence-corrected chi connectivity index (χ4v) is 2.67. The molecule has 1 heterocycles. The Kier molecular flexibility index (Phi) is 4.72. The van der Waals surface area contributed by atoms with E-state index >= 15 is 0 Å². The Morgan fingerprint density at radius 3 is 2.29 bits per heavy atom. The van der Waals surface area contributed by atoms with E-state index in [1.165, 1.54) is 16.8 Å². The van der Waals surface area contributed by atoms with Crippen molar-refractivity contribution in [2.75, 3.05) is 37.6 Å². The molecule has 3 heteroatoms. The summed E-state index contributed by atoms with van der Waals surface area (Å²) in [4.78, 5) is 16.9. The number of carbonyl (C=O) groups is 1. The fourth-order valence-electron chi connectivity index (χ4n) is 2.67. The number of benzene rings is 1. The highest BCUT2D eigenvalue weighted by molar-refractivity contribution is 5.85. The van der Waals surface area contributed by atoms with E-state index in [-0.39, 0.29) is 5.41 Å². The molecule has 0 N–H and O–H groups in total. The van der Waals surface area contributed by atoms with E-state index < -0.39 is 0 Å². The van der Waals surface area contributed by atoms with Crippen LogP contribution in [0, 0.1) is 19.3 Å². The molecule has 21 heavy (non-hydrogen) atoms. The van der Waals surface area contributed by atoms with Gasteiger partial charge < -0.3 is 4.90 Å². The molecule has 2 rings (SSSR count). The zero-order valence-corrected chi connectivity index (χ0v) is 14.1. The number of anilines is 1. The van der Waals surface area contributed by atoms with Crippen molar-refractivity contribution in [1.29, 1.82) is 0 Å². The molecule has 0 aromatic heterocycles. The second-order valence-electron chi connectivity index (χ2n) is 7.16. The highest BCUT2D eigenvalue weighted by Gasteiger charge is 2.26. The molecule has 1 aliphatic heterocycles. The first-order valence-corrected chi connectivity index (χ1v) is 7.86. The molecule has 0 radical (unpaired) electrons. The first-order valence-electron chi connectivity index (χ1n) is 7.86. The van der Waals surface area contributed by atoms with Gasteiger partial charge in [-0.25, -0.2) is 0 Å². The predicted octanol–water partition coefficient (Wildman–Crippen LogP) is 3.04. The number of nitrogens with zero attached hydrogens (tertiary/aromatic N) is 2. The molecular weight excluding hydrogens is 260 g/mol. The zero-order chi connectivity index (χ0) is 15.6. The van der Waals surface area contributed by atoms with Gasteiger partial charge in [-0.05, 0) is 31.0 Å². The molecule has 1 aromatic carbocycles. The monoisotopic (exact) mass is 288 g/mol. The number of hydrogen-bond acceptors (Lipinski definition) is 3. The Morgan fingerprint density at radius 2 is 1.71 bits per heavy atom. The maximum atomic E-state index is 12.1. The van der Waals surface area contributed by atoms with Gasteiger partial charge >= 0.3 is 0 Å². The maximum Gasteiger partial charge on any atom is 0.152 e. The zero-order valence-electron chi connectivity index (χ0n) is 14.1. The number of ketones is 1. The first kappa shape index (κ1) is 16.0. The molecule has 0 bridgehead atoms. The second-order valence-corrected chi connectivity index (χ2v) is 7.16. The summed E-state index contributed by atoms with van der Waals surface area (Å²) in [5.74, 6) is 0.336. The van der Waals surface area contributed by atoms with Gasteiger partial charge in [-0.2, -0.15) is 0 Å². The molecule has 1 saturated heterocycles. The van der Waals surface area contributed by atoms with Crippen LogP contribution < -0.4 is 4.90 Å². The number of Topliss-reactive ketones (excluding diaryl/α,β-unsaturated/α-hetero) is 1. The van der Waals surface area contributed by atoms with Gasteiger partial charge in [0.1, 0.15) is 0 Å². The molecule has 0 saturated carbocycles. The molecule has 0 spiro atoms. The van der Waals surface area contributed by atoms with Gasteiger partial charge in [-0.3, -0.25) is 9.69 Å². The van der Waals surface area contributed by atoms with Crippen LogP contribution in [0.4, 0.5) is 5.69 Å². The van der Waals surface area contributed by atoms with E-state index in [2.05, 4.69) is 41.8 Å². The van der Waals surface area contributed by atoms with Crippen molar-refractivity contribution in [2.24, 2.45) is 5.41 Å². The van der Waals surface area contributed by atoms with Crippen LogP contribution in [0.5, 0.6) is 0 Å². The summed E-state index contributed by atoms with van der Waals surface area (Å²) in [6.45, 7) is 14.9. The summed E-state index contributed by atoms with van der Waals surface area (Å²) >= 11 is 0. The van der Waals surface area contributed by atoms with Crippen LogP contribution >= 0.6 is 0 Å². The van der Waals surface area contributed by atoms with Crippen molar-refractivity contribution >= 4 is 11.5 Å². The molecule has 0 unspecified atom stereocenters. The van der Waals surface area contributed by atoms with E-state index in [1.807, 2.05) is 20.8 Å². The van der Waals surface area contributed by atoms with E-state index in [4.69, 9.17) is 0 Å². The van der Waals surface area contributed by atoms with E-state index in [9.17, 15) is 4.79 Å². The summed E-state index contributed by atoms with van der Waals surface area (Å²) < 4.78 is 0. The van der Waals surface area contributed by atoms with Gasteiger partial charge in [0.15, 0.2) is 5.78 Å². The highest BCUT2D eigenvalue weighted by atomic mass is 16.1. The van der Waals surface area contributed by atoms with E-state index in [1.54, 1.807) is 0 Å². The van der Waals surface area contributed by atoms with Crippen molar-refractivity contribution in [3.8, 4) is 0 Å². The summed E-state index contributed by atoms with van der Waals surface area (Å²) in [5, 5.41) is 0. The van der Waals surface area contributed by atoms with Crippen molar-refractivity contribution in [1.82, 2.24) is 4.90 Å². The molecule has 0 atom stereocenters. The third kappa shape index (κ3) is 3.85. The third-order valence-electron chi connectivity index (χ3n) is 4.49. The van der Waals surface area contributed by atoms with Gasteiger partial charge in [0, 0.05) is 37.3 Å². The molecule has 0 amide bonds. The molecule has 116 valence electrons. The lowest BCUT2D eigenvalue weighted by molar-refractivity contribution is -0.127. The minimum absolute atomic E-state index is 0.232. The lowest BCUT2D eigenvalue weighted by atomic mass is 9.90. The quantitative estimate of drug-likeness (QED) is 0.854. The standard InChI is InChI=1S/C18H28N2O/c1-14-7-6-8-16(15(14)2)20-11-9-19(10-12-20)13-17(21)18(3,4)5/h6-8H,9-13H2,1-5H3. The normalized spacial score (nSPS) is 17.1. The Balaban J connectivity index is 1.95. The molecule has 0 aliphatic carbocycles. The number of carbonyl (C=O) groups excluding carboxylic acids is 1. The number of rotatable bonds is 3. The minimum atomic E-state index is -0.232. The average molecular weight is 288 g/mol. The summed E-state index contributed by atoms with van der Waals surface area (Å²) in [5.41, 5.74) is 3.83. The maximum absolute atomic E-state index is 12.1. The summed E-state index contributed by atoms with van der Waals surface area (Å²) in [7, 11) is 0. The number of aryl methyl sites for hydroxylation is 1. The SMILES string of the molecule is Cc1cccc(N2CCN(CC(=O)C(C)(C)C)CC2)c1C. The molecule has 1 aliphatic rings. The van der Waals surface area contributed by atoms with Crippen LogP contribution in [0.15, 0.2) is 18.2 Å². The van der Waals surface area contributed by atoms with Crippen molar-refractivity contribution in [3.05, 3.63) is 29.3 Å². The van der Waals surface area contributed by atoms with Crippen molar-refractivity contribution in [2.45, 2.75) is 34.6 Å². The lowest BCUT2D eigenvalue weighted by Gasteiger charge is -2.37. The third-order valence-corrected chi connectivity index (χ3v) is 4.49. The van der Waals surface area contributed by atoms with E-state index in [0.717, 1.165) is 26.2 Å². The first-order chi connectivity index (χ1) is 9.79. The second kappa shape index (κ2) is 6.18. The predicted molar refractivity (Wildman–Crippen MR) is 89.0 cm³/mol. The topological polar surface area (TPSA) is 23.6 Å². The van der Waals surface area contributed by atoms with Crippen LogP contribution in [0.2, 0.25) is 0 Å².